The predicted molar refractivity (Wildman–Crippen MR) is 122 cm³/mol. The van der Waals surface area contributed by atoms with Crippen LogP contribution in [0.2, 0.25) is 0 Å². The Morgan fingerprint density at radius 2 is 2.03 bits per heavy atom. The van der Waals surface area contributed by atoms with Crippen LogP contribution in [0.15, 0.2) is 47.4 Å². The molecule has 0 bridgehead atoms. The smallest absolute Gasteiger partial charge is 0.265 e. The standard InChI is InChI=1S/C22H20N2O4S2/c1-27-16-7-4-14(5-8-16)3-2-10-24-17-11-15(6-9-18(17)28-13-20(24)25)12-19-21(26)23-22(29)30-19/h4-9,11-12H,2-3,10,13H2,1H3,(H,23,26,29)/b19-12-. The monoisotopic (exact) mass is 440 g/mol. The summed E-state index contributed by atoms with van der Waals surface area (Å²) in [6.45, 7) is 0.614. The fourth-order valence-electron chi connectivity index (χ4n) is 3.36. The molecule has 2 heterocycles. The van der Waals surface area contributed by atoms with Gasteiger partial charge in [-0.05, 0) is 54.3 Å². The van der Waals surface area contributed by atoms with Gasteiger partial charge < -0.3 is 19.7 Å². The van der Waals surface area contributed by atoms with E-state index in [1.807, 2.05) is 42.5 Å². The van der Waals surface area contributed by atoms with Crippen molar-refractivity contribution in [1.29, 1.82) is 0 Å². The number of thioether (sulfide) groups is 1. The van der Waals surface area contributed by atoms with Crippen molar-refractivity contribution < 1.29 is 19.1 Å². The highest BCUT2D eigenvalue weighted by Crippen LogP contribution is 2.35. The van der Waals surface area contributed by atoms with Gasteiger partial charge in [0.05, 0.1) is 17.7 Å². The van der Waals surface area contributed by atoms with Crippen LogP contribution < -0.4 is 19.7 Å². The molecule has 0 aliphatic carbocycles. The highest BCUT2D eigenvalue weighted by atomic mass is 32.2. The van der Waals surface area contributed by atoms with Crippen molar-refractivity contribution in [1.82, 2.24) is 5.32 Å². The van der Waals surface area contributed by atoms with Gasteiger partial charge in [0.2, 0.25) is 0 Å². The van der Waals surface area contributed by atoms with Crippen LogP contribution >= 0.6 is 24.0 Å². The molecule has 0 atom stereocenters. The third-order valence-corrected chi connectivity index (χ3v) is 6.03. The largest absolute Gasteiger partial charge is 0.497 e. The summed E-state index contributed by atoms with van der Waals surface area (Å²) in [5.74, 6) is 1.22. The number of aryl methyl sites for hydroxylation is 1. The zero-order valence-electron chi connectivity index (χ0n) is 16.3. The van der Waals surface area contributed by atoms with E-state index in [1.165, 1.54) is 17.3 Å². The maximum atomic E-state index is 12.5. The lowest BCUT2D eigenvalue weighted by molar-refractivity contribution is -0.121. The number of carbonyl (C=O) groups excluding carboxylic acids is 2. The Bertz CT molecular complexity index is 1030. The van der Waals surface area contributed by atoms with Gasteiger partial charge in [0.1, 0.15) is 15.8 Å². The van der Waals surface area contributed by atoms with Crippen molar-refractivity contribution in [2.45, 2.75) is 12.8 Å². The maximum absolute atomic E-state index is 12.5. The number of amides is 2. The van der Waals surface area contributed by atoms with E-state index in [1.54, 1.807) is 18.1 Å². The molecule has 2 aromatic rings. The Balaban J connectivity index is 1.49. The minimum atomic E-state index is -0.202. The zero-order valence-corrected chi connectivity index (χ0v) is 18.0. The number of nitrogens with one attached hydrogen (secondary N) is 1. The summed E-state index contributed by atoms with van der Waals surface area (Å²) in [6, 6.07) is 13.5. The van der Waals surface area contributed by atoms with Crippen LogP contribution in [-0.2, 0) is 16.0 Å². The van der Waals surface area contributed by atoms with Crippen molar-refractivity contribution in [2.75, 3.05) is 25.2 Å². The van der Waals surface area contributed by atoms with Crippen LogP contribution in [0.3, 0.4) is 0 Å². The summed E-state index contributed by atoms with van der Waals surface area (Å²) in [6.07, 6.45) is 3.44. The number of hydrogen-bond acceptors (Lipinski definition) is 6. The lowest BCUT2D eigenvalue weighted by Gasteiger charge is -2.29. The van der Waals surface area contributed by atoms with Crippen LogP contribution in [-0.4, -0.2) is 36.4 Å². The minimum absolute atomic E-state index is 0.0303. The number of rotatable bonds is 6. The molecule has 1 saturated heterocycles. The number of methoxy groups -OCH3 is 1. The third-order valence-electron chi connectivity index (χ3n) is 4.87. The summed E-state index contributed by atoms with van der Waals surface area (Å²) in [5.41, 5.74) is 2.73. The highest BCUT2D eigenvalue weighted by Gasteiger charge is 2.26. The van der Waals surface area contributed by atoms with Crippen molar-refractivity contribution in [3.63, 3.8) is 0 Å². The first-order valence-electron chi connectivity index (χ1n) is 9.48. The molecule has 0 spiro atoms. The number of ether oxygens (including phenoxy) is 2. The quantitative estimate of drug-likeness (QED) is 0.547. The molecule has 0 radical (unpaired) electrons. The van der Waals surface area contributed by atoms with Crippen LogP contribution in [0.1, 0.15) is 17.5 Å². The fourth-order valence-corrected chi connectivity index (χ4v) is 4.40. The number of thiocarbonyl (C=S) groups is 1. The van der Waals surface area contributed by atoms with Gasteiger partial charge in [-0.25, -0.2) is 0 Å². The van der Waals surface area contributed by atoms with E-state index in [9.17, 15) is 9.59 Å². The molecule has 8 heteroatoms. The summed E-state index contributed by atoms with van der Waals surface area (Å²) in [7, 11) is 1.65. The van der Waals surface area contributed by atoms with Crippen LogP contribution in [0.25, 0.3) is 6.08 Å². The number of nitrogens with zero attached hydrogens (tertiary/aromatic N) is 1. The molecule has 1 N–H and O–H groups in total. The van der Waals surface area contributed by atoms with Gasteiger partial charge in [-0.2, -0.15) is 0 Å². The zero-order chi connectivity index (χ0) is 21.1. The Morgan fingerprint density at radius 1 is 1.23 bits per heavy atom. The van der Waals surface area contributed by atoms with Crippen molar-refractivity contribution in [2.24, 2.45) is 0 Å². The molecule has 0 aromatic heterocycles. The van der Waals surface area contributed by atoms with Crippen molar-refractivity contribution in [3.8, 4) is 11.5 Å². The summed E-state index contributed by atoms with van der Waals surface area (Å²) < 4.78 is 11.2. The Hall–Kier alpha value is -2.84. The lowest BCUT2D eigenvalue weighted by atomic mass is 10.1. The predicted octanol–water partition coefficient (Wildman–Crippen LogP) is 3.54. The van der Waals surface area contributed by atoms with E-state index in [2.05, 4.69) is 5.32 Å². The number of carbonyl (C=O) groups is 2. The van der Waals surface area contributed by atoms with Gasteiger partial charge in [0.15, 0.2) is 6.61 Å². The molecular formula is C22H20N2O4S2. The number of benzene rings is 2. The first-order valence-corrected chi connectivity index (χ1v) is 10.7. The second-order valence-corrected chi connectivity index (χ2v) is 8.58. The van der Waals surface area contributed by atoms with E-state index in [-0.39, 0.29) is 18.4 Å². The van der Waals surface area contributed by atoms with Gasteiger partial charge in [0, 0.05) is 6.54 Å². The molecule has 4 rings (SSSR count). The SMILES string of the molecule is COc1ccc(CCCN2C(=O)COc3ccc(/C=C4\SC(=S)NC4=O)cc32)cc1. The molecule has 0 unspecified atom stereocenters. The molecule has 30 heavy (non-hydrogen) atoms. The van der Waals surface area contributed by atoms with Crippen molar-refractivity contribution in [3.05, 3.63) is 58.5 Å². The van der Waals surface area contributed by atoms with E-state index in [0.29, 0.717) is 21.5 Å². The van der Waals surface area contributed by atoms with E-state index in [4.69, 9.17) is 21.7 Å². The fraction of sp³-hybridized carbons (Fsp3) is 0.227. The van der Waals surface area contributed by atoms with Gasteiger partial charge in [0.25, 0.3) is 11.8 Å². The average molecular weight is 441 g/mol. The molecule has 2 aromatic carbocycles. The third kappa shape index (κ3) is 4.49. The Labute approximate surface area is 184 Å². The van der Waals surface area contributed by atoms with Crippen molar-refractivity contribution >= 4 is 51.9 Å². The summed E-state index contributed by atoms with van der Waals surface area (Å²) >= 11 is 6.27. The van der Waals surface area contributed by atoms with Crippen LogP contribution in [0.5, 0.6) is 11.5 Å². The molecule has 2 aliphatic heterocycles. The first-order chi connectivity index (χ1) is 14.5. The first kappa shape index (κ1) is 20.4. The van der Waals surface area contributed by atoms with Gasteiger partial charge in [-0.3, -0.25) is 9.59 Å². The Morgan fingerprint density at radius 3 is 2.73 bits per heavy atom. The molecule has 154 valence electrons. The molecule has 6 nitrogen and oxygen atoms in total. The minimum Gasteiger partial charge on any atom is -0.497 e. The van der Waals surface area contributed by atoms with Crippen LogP contribution in [0, 0.1) is 0 Å². The van der Waals surface area contributed by atoms with E-state index in [0.717, 1.165) is 29.8 Å². The average Bonchev–Trinajstić information content (AvgIpc) is 3.06. The van der Waals surface area contributed by atoms with E-state index < -0.39 is 0 Å². The highest BCUT2D eigenvalue weighted by molar-refractivity contribution is 8.26. The second kappa shape index (κ2) is 8.89. The normalized spacial score (nSPS) is 17.0. The molecule has 1 fully saturated rings. The second-order valence-electron chi connectivity index (χ2n) is 6.87. The van der Waals surface area contributed by atoms with Gasteiger partial charge in [-0.15, -0.1) is 0 Å². The number of fused-ring (bicyclic) bond motifs is 1. The summed E-state index contributed by atoms with van der Waals surface area (Å²) in [4.78, 5) is 26.7. The van der Waals surface area contributed by atoms with Gasteiger partial charge >= 0.3 is 0 Å². The topological polar surface area (TPSA) is 67.9 Å². The molecule has 2 aliphatic rings. The molecule has 2 amide bonds. The maximum Gasteiger partial charge on any atom is 0.265 e. The number of anilines is 1. The van der Waals surface area contributed by atoms with Gasteiger partial charge in [-0.1, -0.05) is 42.2 Å². The van der Waals surface area contributed by atoms with Crippen LogP contribution in [0.4, 0.5) is 5.69 Å². The molecular weight excluding hydrogens is 420 g/mol. The summed E-state index contributed by atoms with van der Waals surface area (Å²) in [5, 5.41) is 2.61. The Kier molecular flexibility index (Phi) is 6.06. The molecule has 0 saturated carbocycles. The lowest BCUT2D eigenvalue weighted by Crippen LogP contribution is -2.39. The van der Waals surface area contributed by atoms with E-state index >= 15 is 0 Å². The number of hydrogen-bond donors (Lipinski definition) is 1.